The minimum absolute atomic E-state index is 0.0555. The van der Waals surface area contributed by atoms with Gasteiger partial charge in [0.25, 0.3) is 0 Å². The van der Waals surface area contributed by atoms with E-state index in [0.29, 0.717) is 0 Å². The number of aliphatic hydroxyl groups excluding tert-OH is 1. The Morgan fingerprint density at radius 3 is 2.14 bits per heavy atom. The van der Waals surface area contributed by atoms with E-state index in [1.54, 1.807) is 0 Å². The third-order valence-corrected chi connectivity index (χ3v) is 4.69. The van der Waals surface area contributed by atoms with Crippen LogP contribution in [0.5, 0.6) is 0 Å². The Kier molecular flexibility index (Phi) is 6.10. The second-order valence-corrected chi connectivity index (χ2v) is 5.87. The maximum Gasteiger partial charge on any atom is 0.0578 e. The van der Waals surface area contributed by atoms with Crippen LogP contribution in [0, 0.1) is 5.41 Å². The lowest BCUT2D eigenvalue weighted by Crippen LogP contribution is -2.38. The summed E-state index contributed by atoms with van der Waals surface area (Å²) in [6, 6.07) is 14.6. The zero-order chi connectivity index (χ0) is 15.8. The van der Waals surface area contributed by atoms with Crippen molar-refractivity contribution < 1.29 is 5.11 Å². The van der Waals surface area contributed by atoms with Gasteiger partial charge in [0.05, 0.1) is 6.04 Å². The molecule has 1 atom stereocenters. The summed E-state index contributed by atoms with van der Waals surface area (Å²) >= 11 is 0. The summed E-state index contributed by atoms with van der Waals surface area (Å²) in [7, 11) is 0. The lowest BCUT2D eigenvalue weighted by molar-refractivity contribution is 0.111. The number of pyridine rings is 1. The molecule has 0 saturated carbocycles. The summed E-state index contributed by atoms with van der Waals surface area (Å²) < 4.78 is 0. The fraction of sp³-hybridized carbons (Fsp3) is 0.421. The highest BCUT2D eigenvalue weighted by atomic mass is 16.3. The molecule has 118 valence electrons. The molecule has 1 unspecified atom stereocenters. The van der Waals surface area contributed by atoms with Gasteiger partial charge in [-0.3, -0.25) is 4.98 Å². The fourth-order valence-corrected chi connectivity index (χ4v) is 2.73. The zero-order valence-corrected chi connectivity index (χ0v) is 13.5. The van der Waals surface area contributed by atoms with Crippen LogP contribution >= 0.6 is 0 Å². The van der Waals surface area contributed by atoms with Crippen LogP contribution in [0.25, 0.3) is 0 Å². The van der Waals surface area contributed by atoms with E-state index in [4.69, 9.17) is 0 Å². The van der Waals surface area contributed by atoms with Crippen molar-refractivity contribution in [3.8, 4) is 0 Å². The van der Waals surface area contributed by atoms with Crippen molar-refractivity contribution in [1.82, 2.24) is 10.3 Å². The van der Waals surface area contributed by atoms with Crippen molar-refractivity contribution in [3.05, 3.63) is 66.0 Å². The summed E-state index contributed by atoms with van der Waals surface area (Å²) in [5.41, 5.74) is 2.37. The van der Waals surface area contributed by atoms with Crippen molar-refractivity contribution >= 4 is 0 Å². The molecule has 2 rings (SSSR count). The van der Waals surface area contributed by atoms with Gasteiger partial charge in [-0.25, -0.2) is 0 Å². The van der Waals surface area contributed by atoms with Gasteiger partial charge in [0, 0.05) is 31.0 Å². The van der Waals surface area contributed by atoms with E-state index in [1.165, 1.54) is 11.1 Å². The molecule has 2 aromatic rings. The Bertz CT molecular complexity index is 490. The van der Waals surface area contributed by atoms with Crippen LogP contribution < -0.4 is 5.32 Å². The van der Waals surface area contributed by atoms with Crippen LogP contribution in [0.3, 0.4) is 0 Å². The first-order valence-corrected chi connectivity index (χ1v) is 8.04. The summed E-state index contributed by atoms with van der Waals surface area (Å²) in [6.07, 6.45) is 5.58. The molecule has 2 N–H and O–H groups in total. The van der Waals surface area contributed by atoms with Crippen LogP contribution in [0.2, 0.25) is 0 Å². The third-order valence-electron chi connectivity index (χ3n) is 4.69. The Hall–Kier alpha value is -1.71. The first kappa shape index (κ1) is 16.7. The van der Waals surface area contributed by atoms with Crippen LogP contribution in [-0.4, -0.2) is 23.2 Å². The van der Waals surface area contributed by atoms with Crippen LogP contribution in [0.1, 0.15) is 43.9 Å². The maximum absolute atomic E-state index is 9.78. The predicted molar refractivity (Wildman–Crippen MR) is 90.6 cm³/mol. The lowest BCUT2D eigenvalue weighted by atomic mass is 9.82. The van der Waals surface area contributed by atoms with Gasteiger partial charge < -0.3 is 10.4 Å². The standard InChI is InChI=1S/C19H26N2O/c1-3-19(4-2,15-22)14-21-18(16-8-6-5-7-9-16)17-10-12-20-13-11-17/h5-13,18,21-22H,3-4,14-15H2,1-2H3. The largest absolute Gasteiger partial charge is 0.396 e. The van der Waals surface area contributed by atoms with Gasteiger partial charge in [0.2, 0.25) is 0 Å². The number of hydrogen-bond donors (Lipinski definition) is 2. The average Bonchev–Trinajstić information content (AvgIpc) is 2.61. The first-order chi connectivity index (χ1) is 10.7. The van der Waals surface area contributed by atoms with Crippen molar-refractivity contribution in [3.63, 3.8) is 0 Å². The molecule has 0 fully saturated rings. The van der Waals surface area contributed by atoms with E-state index >= 15 is 0 Å². The predicted octanol–water partition coefficient (Wildman–Crippen LogP) is 3.56. The smallest absolute Gasteiger partial charge is 0.0578 e. The molecule has 0 amide bonds. The van der Waals surface area contributed by atoms with Crippen LogP contribution in [-0.2, 0) is 0 Å². The van der Waals surface area contributed by atoms with E-state index in [0.717, 1.165) is 19.4 Å². The van der Waals surface area contributed by atoms with Crippen LogP contribution in [0.15, 0.2) is 54.9 Å². The molecule has 0 aliphatic rings. The van der Waals surface area contributed by atoms with E-state index in [2.05, 4.69) is 48.4 Å². The number of nitrogens with zero attached hydrogens (tertiary/aromatic N) is 1. The van der Waals surface area contributed by atoms with Gasteiger partial charge in [0.1, 0.15) is 0 Å². The molecule has 0 bridgehead atoms. The molecular weight excluding hydrogens is 272 g/mol. The van der Waals surface area contributed by atoms with Crippen molar-refractivity contribution in [2.75, 3.05) is 13.2 Å². The molecule has 0 aliphatic heterocycles. The minimum atomic E-state index is -0.0555. The Balaban J connectivity index is 2.23. The molecule has 1 heterocycles. The van der Waals surface area contributed by atoms with Gasteiger partial charge in [-0.1, -0.05) is 44.2 Å². The van der Waals surface area contributed by atoms with Crippen molar-refractivity contribution in [2.24, 2.45) is 5.41 Å². The van der Waals surface area contributed by atoms with Gasteiger partial charge in [0.15, 0.2) is 0 Å². The normalized spacial score (nSPS) is 13.0. The van der Waals surface area contributed by atoms with Crippen LogP contribution in [0.4, 0.5) is 0 Å². The summed E-state index contributed by atoms with van der Waals surface area (Å²) in [5, 5.41) is 13.4. The Morgan fingerprint density at radius 2 is 1.59 bits per heavy atom. The van der Waals surface area contributed by atoms with Gasteiger partial charge in [-0.05, 0) is 36.1 Å². The fourth-order valence-electron chi connectivity index (χ4n) is 2.73. The Morgan fingerprint density at radius 1 is 1.00 bits per heavy atom. The van der Waals surface area contributed by atoms with Gasteiger partial charge in [-0.15, -0.1) is 0 Å². The van der Waals surface area contributed by atoms with Crippen molar-refractivity contribution in [2.45, 2.75) is 32.7 Å². The zero-order valence-electron chi connectivity index (χ0n) is 13.5. The highest BCUT2D eigenvalue weighted by molar-refractivity contribution is 5.30. The first-order valence-electron chi connectivity index (χ1n) is 8.04. The average molecular weight is 298 g/mol. The molecule has 0 radical (unpaired) electrons. The number of aromatic nitrogens is 1. The number of hydrogen-bond acceptors (Lipinski definition) is 3. The van der Waals surface area contributed by atoms with Gasteiger partial charge >= 0.3 is 0 Å². The number of nitrogens with one attached hydrogen (secondary N) is 1. The van der Waals surface area contributed by atoms with Gasteiger partial charge in [-0.2, -0.15) is 0 Å². The van der Waals surface area contributed by atoms with E-state index in [1.807, 2.05) is 30.6 Å². The van der Waals surface area contributed by atoms with E-state index < -0.39 is 0 Å². The summed E-state index contributed by atoms with van der Waals surface area (Å²) in [4.78, 5) is 4.11. The molecule has 0 aliphatic carbocycles. The highest BCUT2D eigenvalue weighted by Gasteiger charge is 2.26. The minimum Gasteiger partial charge on any atom is -0.396 e. The molecule has 22 heavy (non-hydrogen) atoms. The number of aliphatic hydroxyl groups is 1. The van der Waals surface area contributed by atoms with Crippen molar-refractivity contribution in [1.29, 1.82) is 0 Å². The lowest BCUT2D eigenvalue weighted by Gasteiger charge is -2.32. The second kappa shape index (κ2) is 8.06. The number of benzene rings is 1. The maximum atomic E-state index is 9.78. The molecule has 1 aromatic heterocycles. The highest BCUT2D eigenvalue weighted by Crippen LogP contribution is 2.28. The molecular formula is C19H26N2O. The molecule has 0 spiro atoms. The van der Waals surface area contributed by atoms with E-state index in [-0.39, 0.29) is 18.1 Å². The molecule has 3 nitrogen and oxygen atoms in total. The number of rotatable bonds is 8. The van der Waals surface area contributed by atoms with E-state index in [9.17, 15) is 5.11 Å². The summed E-state index contributed by atoms with van der Waals surface area (Å²) in [6.45, 7) is 5.29. The Labute approximate surface area is 133 Å². The monoisotopic (exact) mass is 298 g/mol. The molecule has 1 aromatic carbocycles. The summed E-state index contributed by atoms with van der Waals surface area (Å²) in [5.74, 6) is 0. The molecule has 3 heteroatoms. The third kappa shape index (κ3) is 3.93. The quantitative estimate of drug-likeness (QED) is 0.783. The second-order valence-electron chi connectivity index (χ2n) is 5.87. The molecule has 0 saturated heterocycles. The SMILES string of the molecule is CCC(CC)(CO)CNC(c1ccccc1)c1ccncc1. The topological polar surface area (TPSA) is 45.1 Å².